The summed E-state index contributed by atoms with van der Waals surface area (Å²) in [6.45, 7) is 4.21. The lowest BCUT2D eigenvalue weighted by molar-refractivity contribution is 0.793. The topological polar surface area (TPSA) is 81.7 Å². The van der Waals surface area contributed by atoms with Crippen LogP contribution in [0, 0.1) is 13.8 Å². The molecule has 0 bridgehead atoms. The molecule has 1 aromatic carbocycles. The Morgan fingerprint density at radius 2 is 1.96 bits per heavy atom. The summed E-state index contributed by atoms with van der Waals surface area (Å²) in [5.74, 6) is 1.25. The summed E-state index contributed by atoms with van der Waals surface area (Å²) in [5, 5.41) is 8.34. The van der Waals surface area contributed by atoms with E-state index in [1.54, 1.807) is 10.9 Å². The van der Waals surface area contributed by atoms with E-state index >= 15 is 0 Å². The lowest BCUT2D eigenvalue weighted by Crippen LogP contribution is -2.10. The van der Waals surface area contributed by atoms with Crippen LogP contribution < -0.4 is 11.1 Å². The molecule has 3 rings (SSSR count). The number of nitrogens with one attached hydrogen (secondary N) is 1. The Hall–Kier alpha value is -2.44. The van der Waals surface area contributed by atoms with E-state index in [1.807, 2.05) is 44.2 Å². The quantitative estimate of drug-likeness (QED) is 0.769. The van der Waals surface area contributed by atoms with Crippen LogP contribution in [-0.2, 0) is 6.54 Å². The minimum atomic E-state index is 0.292. The summed E-state index contributed by atoms with van der Waals surface area (Å²) >= 11 is 5.91. The first-order valence-corrected chi connectivity index (χ1v) is 7.57. The van der Waals surface area contributed by atoms with Gasteiger partial charge in [0, 0.05) is 22.9 Å². The third-order valence-corrected chi connectivity index (χ3v) is 3.61. The first-order chi connectivity index (χ1) is 11.1. The molecule has 0 spiro atoms. The summed E-state index contributed by atoms with van der Waals surface area (Å²) < 4.78 is 1.76. The van der Waals surface area contributed by atoms with Crippen molar-refractivity contribution in [3.63, 3.8) is 0 Å². The van der Waals surface area contributed by atoms with Crippen molar-refractivity contribution in [1.29, 1.82) is 0 Å². The van der Waals surface area contributed by atoms with Gasteiger partial charge in [0.15, 0.2) is 11.6 Å². The van der Waals surface area contributed by atoms with Crippen molar-refractivity contribution in [2.45, 2.75) is 20.4 Å². The third kappa shape index (κ3) is 3.33. The SMILES string of the molecule is Cc1cc(C)n(-c2cnc(CN)c(Nc3ccc(Cl)cc3)n2)n1. The van der Waals surface area contributed by atoms with Crippen LogP contribution in [-0.4, -0.2) is 19.7 Å². The predicted octanol–water partition coefficient (Wildman–Crippen LogP) is 3.13. The summed E-state index contributed by atoms with van der Waals surface area (Å²) in [4.78, 5) is 9.02. The zero-order valence-corrected chi connectivity index (χ0v) is 13.7. The van der Waals surface area contributed by atoms with Gasteiger partial charge in [0.1, 0.15) is 0 Å². The number of halogens is 1. The van der Waals surface area contributed by atoms with Crippen LogP contribution in [0.5, 0.6) is 0 Å². The van der Waals surface area contributed by atoms with Gasteiger partial charge in [-0.3, -0.25) is 4.98 Å². The van der Waals surface area contributed by atoms with Gasteiger partial charge in [0.2, 0.25) is 0 Å². The number of benzene rings is 1. The van der Waals surface area contributed by atoms with E-state index in [9.17, 15) is 0 Å². The molecule has 0 aliphatic rings. The standard InChI is InChI=1S/C16H17ClN6/c1-10-7-11(2)23(22-10)15-9-19-14(8-18)16(21-15)20-13-5-3-12(17)4-6-13/h3-7,9H,8,18H2,1-2H3,(H,20,21). The van der Waals surface area contributed by atoms with Crippen molar-refractivity contribution in [2.24, 2.45) is 5.73 Å². The van der Waals surface area contributed by atoms with Gasteiger partial charge in [-0.15, -0.1) is 0 Å². The molecule has 0 saturated carbocycles. The number of aryl methyl sites for hydroxylation is 2. The van der Waals surface area contributed by atoms with Gasteiger partial charge in [0.05, 0.1) is 17.6 Å². The van der Waals surface area contributed by atoms with Crippen LogP contribution in [0.15, 0.2) is 36.5 Å². The number of aromatic nitrogens is 4. The number of hydrogen-bond donors (Lipinski definition) is 2. The highest BCUT2D eigenvalue weighted by molar-refractivity contribution is 6.30. The zero-order chi connectivity index (χ0) is 16.4. The predicted molar refractivity (Wildman–Crippen MR) is 91.3 cm³/mol. The van der Waals surface area contributed by atoms with Gasteiger partial charge in [0.25, 0.3) is 0 Å². The molecule has 0 aliphatic heterocycles. The van der Waals surface area contributed by atoms with E-state index in [4.69, 9.17) is 17.3 Å². The second-order valence-corrected chi connectivity index (χ2v) is 5.63. The Morgan fingerprint density at radius 1 is 1.22 bits per heavy atom. The largest absolute Gasteiger partial charge is 0.339 e. The summed E-state index contributed by atoms with van der Waals surface area (Å²) in [6, 6.07) is 9.36. The molecule has 2 aromatic heterocycles. The van der Waals surface area contributed by atoms with Gasteiger partial charge in [-0.05, 0) is 44.2 Å². The Morgan fingerprint density at radius 3 is 2.57 bits per heavy atom. The lowest BCUT2D eigenvalue weighted by Gasteiger charge is -2.12. The molecule has 0 radical (unpaired) electrons. The van der Waals surface area contributed by atoms with Crippen molar-refractivity contribution in [3.8, 4) is 5.82 Å². The molecule has 2 heterocycles. The molecular formula is C16H17ClN6. The normalized spacial score (nSPS) is 10.8. The molecule has 0 unspecified atom stereocenters. The molecule has 0 atom stereocenters. The highest BCUT2D eigenvalue weighted by Crippen LogP contribution is 2.21. The number of nitrogens with two attached hydrogens (primary N) is 1. The fourth-order valence-corrected chi connectivity index (χ4v) is 2.41. The molecule has 7 heteroatoms. The Balaban J connectivity index is 1.99. The van der Waals surface area contributed by atoms with Crippen LogP contribution in [0.4, 0.5) is 11.5 Å². The number of rotatable bonds is 4. The van der Waals surface area contributed by atoms with E-state index in [1.165, 1.54) is 0 Å². The Labute approximate surface area is 139 Å². The van der Waals surface area contributed by atoms with Crippen LogP contribution in [0.3, 0.4) is 0 Å². The van der Waals surface area contributed by atoms with Crippen molar-refractivity contribution < 1.29 is 0 Å². The number of anilines is 2. The maximum Gasteiger partial charge on any atom is 0.174 e. The Kier molecular flexibility index (Phi) is 4.27. The fraction of sp³-hybridized carbons (Fsp3) is 0.188. The molecule has 0 amide bonds. The van der Waals surface area contributed by atoms with Gasteiger partial charge >= 0.3 is 0 Å². The average Bonchev–Trinajstić information content (AvgIpc) is 2.88. The minimum Gasteiger partial charge on any atom is -0.339 e. The number of nitrogens with zero attached hydrogens (tertiary/aromatic N) is 4. The highest BCUT2D eigenvalue weighted by Gasteiger charge is 2.11. The van der Waals surface area contributed by atoms with Crippen molar-refractivity contribution >= 4 is 23.1 Å². The first-order valence-electron chi connectivity index (χ1n) is 7.19. The van der Waals surface area contributed by atoms with E-state index in [0.717, 1.165) is 17.1 Å². The van der Waals surface area contributed by atoms with Gasteiger partial charge in [-0.2, -0.15) is 5.10 Å². The van der Waals surface area contributed by atoms with Crippen LogP contribution in [0.2, 0.25) is 5.02 Å². The van der Waals surface area contributed by atoms with Crippen LogP contribution in [0.25, 0.3) is 5.82 Å². The van der Waals surface area contributed by atoms with Crippen molar-refractivity contribution in [3.05, 3.63) is 58.6 Å². The molecule has 0 aliphatic carbocycles. The second kappa shape index (κ2) is 6.36. The summed E-state index contributed by atoms with van der Waals surface area (Å²) in [7, 11) is 0. The maximum atomic E-state index is 5.91. The fourth-order valence-electron chi connectivity index (χ4n) is 2.29. The molecule has 23 heavy (non-hydrogen) atoms. The lowest BCUT2D eigenvalue weighted by atomic mass is 10.3. The van der Waals surface area contributed by atoms with Gasteiger partial charge < -0.3 is 11.1 Å². The van der Waals surface area contributed by atoms with Crippen LogP contribution >= 0.6 is 11.6 Å². The van der Waals surface area contributed by atoms with Crippen molar-refractivity contribution in [1.82, 2.24) is 19.7 Å². The summed E-state index contributed by atoms with van der Waals surface area (Å²) in [5.41, 5.74) is 9.24. The molecular weight excluding hydrogens is 312 g/mol. The number of hydrogen-bond acceptors (Lipinski definition) is 5. The van der Waals surface area contributed by atoms with Gasteiger partial charge in [-0.25, -0.2) is 9.67 Å². The molecule has 0 fully saturated rings. The van der Waals surface area contributed by atoms with E-state index in [2.05, 4.69) is 20.4 Å². The molecule has 0 saturated heterocycles. The van der Waals surface area contributed by atoms with Gasteiger partial charge in [-0.1, -0.05) is 11.6 Å². The van der Waals surface area contributed by atoms with E-state index < -0.39 is 0 Å². The molecule has 3 aromatic rings. The molecule has 3 N–H and O–H groups in total. The molecule has 6 nitrogen and oxygen atoms in total. The maximum absolute atomic E-state index is 5.91. The minimum absolute atomic E-state index is 0.292. The second-order valence-electron chi connectivity index (χ2n) is 5.20. The van der Waals surface area contributed by atoms with E-state index in [-0.39, 0.29) is 0 Å². The average molecular weight is 329 g/mol. The summed E-state index contributed by atoms with van der Waals surface area (Å²) in [6.07, 6.45) is 1.68. The van der Waals surface area contributed by atoms with Crippen LogP contribution in [0.1, 0.15) is 17.1 Å². The van der Waals surface area contributed by atoms with Crippen molar-refractivity contribution in [2.75, 3.05) is 5.32 Å². The zero-order valence-electron chi connectivity index (χ0n) is 12.9. The molecule has 118 valence electrons. The monoisotopic (exact) mass is 328 g/mol. The highest BCUT2D eigenvalue weighted by atomic mass is 35.5. The van der Waals surface area contributed by atoms with E-state index in [0.29, 0.717) is 28.9 Å². The Bertz CT molecular complexity index is 825. The first kappa shape index (κ1) is 15.5. The third-order valence-electron chi connectivity index (χ3n) is 3.36. The smallest absolute Gasteiger partial charge is 0.174 e.